The molecule has 1 aliphatic rings. The second-order valence-corrected chi connectivity index (χ2v) is 7.45. The van der Waals surface area contributed by atoms with Crippen LogP contribution in [0, 0.1) is 27.7 Å². The number of hydrogen-bond acceptors (Lipinski definition) is 4. The van der Waals surface area contributed by atoms with Gasteiger partial charge in [0.2, 0.25) is 0 Å². The quantitative estimate of drug-likeness (QED) is 0.767. The first-order chi connectivity index (χ1) is 12.5. The number of aliphatic hydroxyl groups is 1. The number of piperidine rings is 1. The third kappa shape index (κ3) is 2.76. The maximum atomic E-state index is 10.2. The Morgan fingerprint density at radius 3 is 2.46 bits per heavy atom. The average Bonchev–Trinajstić information content (AvgIpc) is 2.92. The largest absolute Gasteiger partial charge is 0.391 e. The van der Waals surface area contributed by atoms with E-state index < -0.39 is 0 Å². The molecule has 5 heteroatoms. The predicted molar refractivity (Wildman–Crippen MR) is 105 cm³/mol. The summed E-state index contributed by atoms with van der Waals surface area (Å²) >= 11 is 0. The molecule has 26 heavy (non-hydrogen) atoms. The highest BCUT2D eigenvalue weighted by atomic mass is 16.3. The molecule has 3 heterocycles. The second kappa shape index (κ2) is 6.40. The molecule has 4 rings (SSSR count). The Morgan fingerprint density at radius 2 is 1.77 bits per heavy atom. The number of hydrogen-bond donors (Lipinski definition) is 1. The lowest BCUT2D eigenvalue weighted by molar-refractivity contribution is 0.153. The van der Waals surface area contributed by atoms with Gasteiger partial charge in [-0.3, -0.25) is 0 Å². The SMILES string of the molecule is Cc1ccc(-c2c(C)nn3c(N4CCC[C@@H](O)C4)c(C)c(C)nc23)cc1. The summed E-state index contributed by atoms with van der Waals surface area (Å²) in [5.74, 6) is 1.06. The number of anilines is 1. The second-order valence-electron chi connectivity index (χ2n) is 7.45. The summed E-state index contributed by atoms with van der Waals surface area (Å²) in [5.41, 5.74) is 7.49. The smallest absolute Gasteiger partial charge is 0.165 e. The Balaban J connectivity index is 1.94. The van der Waals surface area contributed by atoms with Crippen molar-refractivity contribution in [3.63, 3.8) is 0 Å². The van der Waals surface area contributed by atoms with Crippen LogP contribution in [0.15, 0.2) is 24.3 Å². The van der Waals surface area contributed by atoms with Gasteiger partial charge in [0.15, 0.2) is 5.65 Å². The number of benzene rings is 1. The molecule has 0 spiro atoms. The highest BCUT2D eigenvalue weighted by Crippen LogP contribution is 2.33. The van der Waals surface area contributed by atoms with Crippen LogP contribution in [0.3, 0.4) is 0 Å². The molecule has 1 saturated heterocycles. The molecule has 2 aromatic heterocycles. The van der Waals surface area contributed by atoms with Gasteiger partial charge in [-0.05, 0) is 46.1 Å². The Bertz CT molecular complexity index is 959. The van der Waals surface area contributed by atoms with Gasteiger partial charge < -0.3 is 10.0 Å². The summed E-state index contributed by atoms with van der Waals surface area (Å²) in [7, 11) is 0. The van der Waals surface area contributed by atoms with Crippen molar-refractivity contribution in [2.45, 2.75) is 46.6 Å². The maximum absolute atomic E-state index is 10.2. The lowest BCUT2D eigenvalue weighted by Gasteiger charge is -2.33. The van der Waals surface area contributed by atoms with Gasteiger partial charge in [0, 0.05) is 29.9 Å². The van der Waals surface area contributed by atoms with Crippen molar-refractivity contribution in [3.05, 3.63) is 46.8 Å². The van der Waals surface area contributed by atoms with Crippen molar-refractivity contribution in [2.24, 2.45) is 0 Å². The van der Waals surface area contributed by atoms with E-state index in [2.05, 4.69) is 49.9 Å². The number of nitrogens with zero attached hydrogens (tertiary/aromatic N) is 4. The lowest BCUT2D eigenvalue weighted by atomic mass is 10.0. The molecule has 3 aromatic rings. The molecule has 0 bridgehead atoms. The fourth-order valence-corrected chi connectivity index (χ4v) is 3.91. The van der Waals surface area contributed by atoms with Gasteiger partial charge in [-0.25, -0.2) is 4.98 Å². The fraction of sp³-hybridized carbons (Fsp3) is 0.429. The molecule has 1 N–H and O–H groups in total. The zero-order chi connectivity index (χ0) is 18.4. The maximum Gasteiger partial charge on any atom is 0.165 e. The molecule has 0 saturated carbocycles. The number of β-amino-alcohol motifs (C(OH)–C–C–N with tert-alkyl or cyclic N) is 1. The van der Waals surface area contributed by atoms with Crippen LogP contribution >= 0.6 is 0 Å². The minimum absolute atomic E-state index is 0.278. The van der Waals surface area contributed by atoms with Crippen LogP contribution in [-0.4, -0.2) is 38.9 Å². The predicted octanol–water partition coefficient (Wildman–Crippen LogP) is 3.59. The van der Waals surface area contributed by atoms with E-state index in [0.717, 1.165) is 58.9 Å². The molecule has 5 nitrogen and oxygen atoms in total. The molecular formula is C21H26N4O. The van der Waals surface area contributed by atoms with E-state index in [4.69, 9.17) is 10.1 Å². The number of aliphatic hydroxyl groups excluding tert-OH is 1. The first kappa shape index (κ1) is 17.0. The molecule has 1 aliphatic heterocycles. The van der Waals surface area contributed by atoms with Gasteiger partial charge in [-0.1, -0.05) is 29.8 Å². The number of rotatable bonds is 2. The van der Waals surface area contributed by atoms with E-state index in [9.17, 15) is 5.11 Å². The van der Waals surface area contributed by atoms with E-state index in [1.807, 2.05) is 11.4 Å². The first-order valence-electron chi connectivity index (χ1n) is 9.32. The van der Waals surface area contributed by atoms with Crippen LogP contribution in [0.25, 0.3) is 16.8 Å². The standard InChI is InChI=1S/C21H26N4O/c1-13-7-9-17(10-8-13)19-16(4)23-25-20(19)22-15(3)14(2)21(25)24-11-5-6-18(26)12-24/h7-10,18,26H,5-6,11-12H2,1-4H3/t18-/m1/s1. The minimum Gasteiger partial charge on any atom is -0.391 e. The topological polar surface area (TPSA) is 53.7 Å². The van der Waals surface area contributed by atoms with Crippen molar-refractivity contribution in [1.29, 1.82) is 0 Å². The Hall–Kier alpha value is -2.40. The van der Waals surface area contributed by atoms with Crippen molar-refractivity contribution < 1.29 is 5.11 Å². The van der Waals surface area contributed by atoms with E-state index in [-0.39, 0.29) is 6.10 Å². The number of aromatic nitrogens is 3. The van der Waals surface area contributed by atoms with Crippen LogP contribution < -0.4 is 4.90 Å². The molecule has 136 valence electrons. The van der Waals surface area contributed by atoms with Gasteiger partial charge in [-0.15, -0.1) is 0 Å². The Labute approximate surface area is 154 Å². The van der Waals surface area contributed by atoms with Gasteiger partial charge in [-0.2, -0.15) is 9.61 Å². The van der Waals surface area contributed by atoms with Gasteiger partial charge in [0.05, 0.1) is 11.8 Å². The molecule has 0 aliphatic carbocycles. The molecule has 1 fully saturated rings. The fourth-order valence-electron chi connectivity index (χ4n) is 3.91. The van der Waals surface area contributed by atoms with Gasteiger partial charge in [0.25, 0.3) is 0 Å². The summed E-state index contributed by atoms with van der Waals surface area (Å²) in [5, 5.41) is 15.0. The van der Waals surface area contributed by atoms with E-state index in [0.29, 0.717) is 6.54 Å². The van der Waals surface area contributed by atoms with E-state index >= 15 is 0 Å². The van der Waals surface area contributed by atoms with Crippen molar-refractivity contribution in [2.75, 3.05) is 18.0 Å². The monoisotopic (exact) mass is 350 g/mol. The molecule has 1 atom stereocenters. The Kier molecular flexibility index (Phi) is 4.19. The van der Waals surface area contributed by atoms with Crippen LogP contribution in [0.1, 0.15) is 35.4 Å². The molecule has 1 aromatic carbocycles. The zero-order valence-corrected chi connectivity index (χ0v) is 16.0. The summed E-state index contributed by atoms with van der Waals surface area (Å²) < 4.78 is 1.98. The molecule has 0 amide bonds. The Morgan fingerprint density at radius 1 is 1.04 bits per heavy atom. The van der Waals surface area contributed by atoms with E-state index in [1.54, 1.807) is 0 Å². The van der Waals surface area contributed by atoms with Crippen molar-refractivity contribution in [1.82, 2.24) is 14.6 Å². The number of fused-ring (bicyclic) bond motifs is 1. The lowest BCUT2D eigenvalue weighted by Crippen LogP contribution is -2.40. The van der Waals surface area contributed by atoms with Gasteiger partial charge >= 0.3 is 0 Å². The van der Waals surface area contributed by atoms with Crippen molar-refractivity contribution >= 4 is 11.5 Å². The zero-order valence-electron chi connectivity index (χ0n) is 16.0. The minimum atomic E-state index is -0.278. The average molecular weight is 350 g/mol. The van der Waals surface area contributed by atoms with Crippen LogP contribution in [0.4, 0.5) is 5.82 Å². The van der Waals surface area contributed by atoms with E-state index in [1.165, 1.54) is 5.56 Å². The number of aryl methyl sites for hydroxylation is 3. The highest BCUT2D eigenvalue weighted by Gasteiger charge is 2.25. The summed E-state index contributed by atoms with van der Waals surface area (Å²) in [4.78, 5) is 7.14. The van der Waals surface area contributed by atoms with Gasteiger partial charge in [0.1, 0.15) is 5.82 Å². The molecular weight excluding hydrogens is 324 g/mol. The normalized spacial score (nSPS) is 17.9. The highest BCUT2D eigenvalue weighted by molar-refractivity contribution is 5.81. The third-order valence-corrected chi connectivity index (χ3v) is 5.42. The summed E-state index contributed by atoms with van der Waals surface area (Å²) in [6.07, 6.45) is 1.59. The molecule has 0 unspecified atom stereocenters. The summed E-state index contributed by atoms with van der Waals surface area (Å²) in [6, 6.07) is 8.53. The van der Waals surface area contributed by atoms with Crippen molar-refractivity contribution in [3.8, 4) is 11.1 Å². The molecule has 0 radical (unpaired) electrons. The third-order valence-electron chi connectivity index (χ3n) is 5.42. The first-order valence-corrected chi connectivity index (χ1v) is 9.32. The summed E-state index contributed by atoms with van der Waals surface area (Å²) in [6.45, 7) is 9.89. The van der Waals surface area contributed by atoms with Crippen LogP contribution in [0.2, 0.25) is 0 Å². The van der Waals surface area contributed by atoms with Crippen LogP contribution in [-0.2, 0) is 0 Å². The van der Waals surface area contributed by atoms with Crippen LogP contribution in [0.5, 0.6) is 0 Å².